The van der Waals surface area contributed by atoms with Gasteiger partial charge in [-0.1, -0.05) is 42.5 Å². The first-order valence-electron chi connectivity index (χ1n) is 12.5. The van der Waals surface area contributed by atoms with Gasteiger partial charge in [0.15, 0.2) is 0 Å². The van der Waals surface area contributed by atoms with Crippen LogP contribution in [0.1, 0.15) is 16.9 Å². The summed E-state index contributed by atoms with van der Waals surface area (Å²) >= 11 is 0. The van der Waals surface area contributed by atoms with E-state index in [1.54, 1.807) is 6.20 Å². The SMILES string of the molecule is CNc1ccc(OCCOCCOCCNCc2ccc3cc(CCc4ccccc4)oc3c2)nc1. The van der Waals surface area contributed by atoms with Crippen molar-refractivity contribution in [2.24, 2.45) is 0 Å². The van der Waals surface area contributed by atoms with Crippen LogP contribution in [0.5, 0.6) is 5.88 Å². The van der Waals surface area contributed by atoms with E-state index in [-0.39, 0.29) is 0 Å². The number of pyridine rings is 1. The second kappa shape index (κ2) is 14.2. The van der Waals surface area contributed by atoms with Crippen molar-refractivity contribution < 1.29 is 18.6 Å². The van der Waals surface area contributed by atoms with Crippen LogP contribution in [0, 0.1) is 0 Å². The van der Waals surface area contributed by atoms with Crippen molar-refractivity contribution in [1.82, 2.24) is 10.3 Å². The number of nitrogens with zero attached hydrogens (tertiary/aromatic N) is 1. The number of fused-ring (bicyclic) bond motifs is 1. The molecule has 2 N–H and O–H groups in total. The number of aryl methyl sites for hydroxylation is 2. The largest absolute Gasteiger partial charge is 0.475 e. The fourth-order valence-electron chi connectivity index (χ4n) is 3.79. The second-order valence-corrected chi connectivity index (χ2v) is 8.46. The summed E-state index contributed by atoms with van der Waals surface area (Å²) in [5.41, 5.74) is 4.42. The van der Waals surface area contributed by atoms with Gasteiger partial charge in [0.25, 0.3) is 0 Å². The normalized spacial score (nSPS) is 11.1. The van der Waals surface area contributed by atoms with E-state index in [0.717, 1.165) is 48.3 Å². The van der Waals surface area contributed by atoms with Crippen LogP contribution in [0.2, 0.25) is 0 Å². The van der Waals surface area contributed by atoms with Gasteiger partial charge in [-0.25, -0.2) is 4.98 Å². The first-order chi connectivity index (χ1) is 17.8. The molecule has 0 saturated heterocycles. The topological polar surface area (TPSA) is 77.8 Å². The van der Waals surface area contributed by atoms with E-state index in [1.165, 1.54) is 11.1 Å². The Morgan fingerprint density at radius 3 is 2.44 bits per heavy atom. The summed E-state index contributed by atoms with van der Waals surface area (Å²) in [6, 6.07) is 22.8. The molecule has 7 nitrogen and oxygen atoms in total. The van der Waals surface area contributed by atoms with Crippen molar-refractivity contribution in [3.8, 4) is 5.88 Å². The van der Waals surface area contributed by atoms with Crippen molar-refractivity contribution in [2.75, 3.05) is 51.9 Å². The van der Waals surface area contributed by atoms with Crippen molar-refractivity contribution in [3.63, 3.8) is 0 Å². The van der Waals surface area contributed by atoms with Crippen molar-refractivity contribution in [2.45, 2.75) is 19.4 Å². The number of rotatable bonds is 16. The van der Waals surface area contributed by atoms with Gasteiger partial charge < -0.3 is 29.3 Å². The van der Waals surface area contributed by atoms with Crippen LogP contribution in [0.4, 0.5) is 5.69 Å². The molecular weight excluding hydrogens is 454 g/mol. The maximum absolute atomic E-state index is 6.08. The lowest BCUT2D eigenvalue weighted by Gasteiger charge is -2.08. The van der Waals surface area contributed by atoms with Gasteiger partial charge in [-0.05, 0) is 35.7 Å². The molecular formula is C29H35N3O4. The van der Waals surface area contributed by atoms with Gasteiger partial charge >= 0.3 is 0 Å². The molecule has 0 unspecified atom stereocenters. The molecule has 0 atom stereocenters. The zero-order valence-corrected chi connectivity index (χ0v) is 20.9. The Hall–Kier alpha value is -3.39. The third-order valence-electron chi connectivity index (χ3n) is 5.77. The molecule has 2 heterocycles. The summed E-state index contributed by atoms with van der Waals surface area (Å²) in [4.78, 5) is 4.20. The maximum Gasteiger partial charge on any atom is 0.213 e. The van der Waals surface area contributed by atoms with Crippen LogP contribution >= 0.6 is 0 Å². The highest BCUT2D eigenvalue weighted by molar-refractivity contribution is 5.78. The van der Waals surface area contributed by atoms with Crippen LogP contribution in [0.3, 0.4) is 0 Å². The Labute approximate surface area is 212 Å². The Kier molecular flexibility index (Phi) is 10.2. The van der Waals surface area contributed by atoms with Gasteiger partial charge in [0.05, 0.1) is 38.3 Å². The van der Waals surface area contributed by atoms with E-state index in [4.69, 9.17) is 18.6 Å². The number of aromatic nitrogens is 1. The molecule has 0 saturated carbocycles. The molecule has 4 aromatic rings. The molecule has 0 aliphatic heterocycles. The van der Waals surface area contributed by atoms with Crippen molar-refractivity contribution in [3.05, 3.63) is 89.8 Å². The number of furan rings is 1. The molecule has 4 rings (SSSR count). The highest BCUT2D eigenvalue weighted by Crippen LogP contribution is 2.22. The minimum Gasteiger partial charge on any atom is -0.475 e. The Balaban J connectivity index is 1.04. The lowest BCUT2D eigenvalue weighted by molar-refractivity contribution is 0.0367. The highest BCUT2D eigenvalue weighted by atomic mass is 16.5. The molecule has 0 radical (unpaired) electrons. The standard InChI is InChI=1S/C29H35N3O4/c1-30-26-10-12-29(32-22-26)35-18-17-34-16-15-33-14-13-31-21-24-7-9-25-20-27(36-28(25)19-24)11-8-23-5-3-2-4-6-23/h2-7,9-10,12,19-20,22,30-31H,8,11,13-18,21H2,1H3. The quantitative estimate of drug-likeness (QED) is 0.218. The zero-order chi connectivity index (χ0) is 24.8. The molecule has 0 fully saturated rings. The summed E-state index contributed by atoms with van der Waals surface area (Å²) in [7, 11) is 1.86. The fourth-order valence-corrected chi connectivity index (χ4v) is 3.79. The third kappa shape index (κ3) is 8.37. The van der Waals surface area contributed by atoms with Gasteiger partial charge in [-0.2, -0.15) is 0 Å². The van der Waals surface area contributed by atoms with Gasteiger partial charge in [-0.15, -0.1) is 0 Å². The predicted molar refractivity (Wildman–Crippen MR) is 143 cm³/mol. The maximum atomic E-state index is 6.08. The molecule has 190 valence electrons. The molecule has 2 aromatic heterocycles. The second-order valence-electron chi connectivity index (χ2n) is 8.46. The first kappa shape index (κ1) is 25.7. The molecule has 0 aliphatic carbocycles. The van der Waals surface area contributed by atoms with E-state index in [1.807, 2.05) is 25.2 Å². The summed E-state index contributed by atoms with van der Waals surface area (Å²) in [5, 5.41) is 7.59. The molecule has 36 heavy (non-hydrogen) atoms. The molecule has 7 heteroatoms. The van der Waals surface area contributed by atoms with Crippen molar-refractivity contribution >= 4 is 16.7 Å². The van der Waals surface area contributed by atoms with E-state index in [9.17, 15) is 0 Å². The average Bonchev–Trinajstić information content (AvgIpc) is 3.34. The van der Waals surface area contributed by atoms with Crippen LogP contribution in [-0.4, -0.2) is 51.6 Å². The fraction of sp³-hybridized carbons (Fsp3) is 0.345. The van der Waals surface area contributed by atoms with Crippen molar-refractivity contribution in [1.29, 1.82) is 0 Å². The highest BCUT2D eigenvalue weighted by Gasteiger charge is 2.06. The monoisotopic (exact) mass is 489 g/mol. The molecule has 0 bridgehead atoms. The number of hydrogen-bond donors (Lipinski definition) is 2. The minimum atomic E-state index is 0.460. The Morgan fingerprint density at radius 2 is 1.64 bits per heavy atom. The van der Waals surface area contributed by atoms with Gasteiger partial charge in [0, 0.05) is 38.0 Å². The minimum absolute atomic E-state index is 0.460. The summed E-state index contributed by atoms with van der Waals surface area (Å²) < 4.78 is 22.8. The molecule has 0 spiro atoms. The molecule has 2 aromatic carbocycles. The summed E-state index contributed by atoms with van der Waals surface area (Å²) in [6.45, 7) is 4.24. The van der Waals surface area contributed by atoms with Gasteiger partial charge in [-0.3, -0.25) is 0 Å². The lowest BCUT2D eigenvalue weighted by atomic mass is 10.1. The van der Waals surface area contributed by atoms with Crippen LogP contribution in [0.25, 0.3) is 11.0 Å². The van der Waals surface area contributed by atoms with E-state index in [2.05, 4.69) is 64.1 Å². The summed E-state index contributed by atoms with van der Waals surface area (Å²) in [5.74, 6) is 1.62. The third-order valence-corrected chi connectivity index (χ3v) is 5.77. The van der Waals surface area contributed by atoms with E-state index in [0.29, 0.717) is 38.9 Å². The number of ether oxygens (including phenoxy) is 3. The van der Waals surface area contributed by atoms with Crippen LogP contribution < -0.4 is 15.4 Å². The molecule has 0 aliphatic rings. The van der Waals surface area contributed by atoms with E-state index < -0.39 is 0 Å². The summed E-state index contributed by atoms with van der Waals surface area (Å²) in [6.07, 6.45) is 3.62. The van der Waals surface area contributed by atoms with Crippen LogP contribution in [0.15, 0.2) is 77.3 Å². The smallest absolute Gasteiger partial charge is 0.213 e. The number of hydrogen-bond acceptors (Lipinski definition) is 7. The Morgan fingerprint density at radius 1 is 0.806 bits per heavy atom. The average molecular weight is 490 g/mol. The number of anilines is 1. The van der Waals surface area contributed by atoms with E-state index >= 15 is 0 Å². The zero-order valence-electron chi connectivity index (χ0n) is 20.9. The number of nitrogens with one attached hydrogen (secondary N) is 2. The van der Waals surface area contributed by atoms with Crippen LogP contribution in [-0.2, 0) is 28.9 Å². The van der Waals surface area contributed by atoms with Gasteiger partial charge in [0.1, 0.15) is 18.0 Å². The molecule has 0 amide bonds. The predicted octanol–water partition coefficient (Wildman–Crippen LogP) is 4.86. The number of benzene rings is 2. The lowest BCUT2D eigenvalue weighted by Crippen LogP contribution is -2.20. The first-order valence-corrected chi connectivity index (χ1v) is 12.5. The Bertz CT molecular complexity index is 1160. The van der Waals surface area contributed by atoms with Gasteiger partial charge in [0.2, 0.25) is 5.88 Å².